The van der Waals surface area contributed by atoms with Gasteiger partial charge in [0.05, 0.1) is 0 Å². The third-order valence-corrected chi connectivity index (χ3v) is 2.53. The van der Waals surface area contributed by atoms with E-state index in [-0.39, 0.29) is 10.8 Å². The number of rotatable bonds is 2. The van der Waals surface area contributed by atoms with Crippen LogP contribution in [0.2, 0.25) is 0 Å². The van der Waals surface area contributed by atoms with Crippen LogP contribution in [-0.2, 0) is 5.75 Å². The fraction of sp³-hybridized carbons (Fsp3) is 0.417. The van der Waals surface area contributed by atoms with Crippen LogP contribution in [0.1, 0.15) is 26.3 Å². The first-order valence-electron chi connectivity index (χ1n) is 4.96. The van der Waals surface area contributed by atoms with Gasteiger partial charge in [0, 0.05) is 11.3 Å². The number of amides is 1. The normalized spacial score (nSPS) is 11.1. The Labute approximate surface area is 95.5 Å². The molecule has 0 aromatic heterocycles. The van der Waals surface area contributed by atoms with E-state index in [0.717, 1.165) is 5.75 Å². The number of benzene rings is 1. The van der Waals surface area contributed by atoms with E-state index in [1.165, 1.54) is 17.3 Å². The second-order valence-corrected chi connectivity index (χ2v) is 5.38. The van der Waals surface area contributed by atoms with E-state index in [0.29, 0.717) is 0 Å². The van der Waals surface area contributed by atoms with Crippen LogP contribution in [0.4, 0.5) is 4.79 Å². The number of carbonyl (C=O) groups is 1. The molecule has 1 aromatic rings. The molecule has 1 rings (SSSR count). The lowest BCUT2D eigenvalue weighted by atomic mass is 10.1. The summed E-state index contributed by atoms with van der Waals surface area (Å²) in [5.74, 6) is 0.725. The Hall–Kier alpha value is -0.960. The Morgan fingerprint density at radius 1 is 1.27 bits per heavy atom. The van der Waals surface area contributed by atoms with Gasteiger partial charge in [0.25, 0.3) is 5.24 Å². The van der Waals surface area contributed by atoms with Gasteiger partial charge in [-0.1, -0.05) is 42.1 Å². The summed E-state index contributed by atoms with van der Waals surface area (Å²) in [6, 6.07) is 9.99. The summed E-state index contributed by atoms with van der Waals surface area (Å²) >= 11 is 1.31. The van der Waals surface area contributed by atoms with Gasteiger partial charge in [-0.2, -0.15) is 0 Å². The molecule has 0 heterocycles. The second-order valence-electron chi connectivity index (χ2n) is 4.44. The van der Waals surface area contributed by atoms with Crippen LogP contribution in [-0.4, -0.2) is 10.8 Å². The Balaban J connectivity index is 2.35. The molecule has 0 aliphatic rings. The quantitative estimate of drug-likeness (QED) is 0.832. The van der Waals surface area contributed by atoms with Gasteiger partial charge in [-0.3, -0.25) is 4.79 Å². The largest absolute Gasteiger partial charge is 0.342 e. The topological polar surface area (TPSA) is 29.1 Å². The molecule has 0 aliphatic carbocycles. The summed E-state index contributed by atoms with van der Waals surface area (Å²) in [4.78, 5) is 11.5. The van der Waals surface area contributed by atoms with Crippen molar-refractivity contribution < 1.29 is 4.79 Å². The van der Waals surface area contributed by atoms with Gasteiger partial charge in [-0.15, -0.1) is 0 Å². The number of hydrogen-bond donors (Lipinski definition) is 1. The minimum Gasteiger partial charge on any atom is -0.342 e. The third kappa shape index (κ3) is 5.47. The van der Waals surface area contributed by atoms with Crippen LogP contribution in [0.3, 0.4) is 0 Å². The smallest absolute Gasteiger partial charge is 0.279 e. The molecule has 0 aliphatic heterocycles. The van der Waals surface area contributed by atoms with Gasteiger partial charge >= 0.3 is 0 Å². The van der Waals surface area contributed by atoms with Crippen molar-refractivity contribution in [2.45, 2.75) is 32.1 Å². The molecule has 2 nitrogen and oxygen atoms in total. The molecule has 0 atom stereocenters. The van der Waals surface area contributed by atoms with Crippen LogP contribution < -0.4 is 5.32 Å². The van der Waals surface area contributed by atoms with Gasteiger partial charge in [0.15, 0.2) is 0 Å². The highest BCUT2D eigenvalue weighted by Crippen LogP contribution is 2.14. The van der Waals surface area contributed by atoms with Crippen molar-refractivity contribution in [1.82, 2.24) is 5.32 Å². The van der Waals surface area contributed by atoms with Crippen molar-refractivity contribution in [2.75, 3.05) is 0 Å². The maximum absolute atomic E-state index is 11.5. The van der Waals surface area contributed by atoms with E-state index >= 15 is 0 Å². The van der Waals surface area contributed by atoms with Crippen LogP contribution in [0.5, 0.6) is 0 Å². The summed E-state index contributed by atoms with van der Waals surface area (Å²) in [6.07, 6.45) is 0. The number of thioether (sulfide) groups is 1. The molecule has 3 heteroatoms. The van der Waals surface area contributed by atoms with Gasteiger partial charge in [0.2, 0.25) is 0 Å². The number of nitrogens with one attached hydrogen (secondary N) is 1. The van der Waals surface area contributed by atoms with Crippen LogP contribution in [0.25, 0.3) is 0 Å². The predicted molar refractivity (Wildman–Crippen MR) is 66.0 cm³/mol. The maximum Gasteiger partial charge on any atom is 0.279 e. The second kappa shape index (κ2) is 5.21. The minimum absolute atomic E-state index is 0.0337. The zero-order valence-corrected chi connectivity index (χ0v) is 10.2. The van der Waals surface area contributed by atoms with Crippen molar-refractivity contribution >= 4 is 17.0 Å². The molecule has 0 bridgehead atoms. The zero-order chi connectivity index (χ0) is 11.3. The molecule has 15 heavy (non-hydrogen) atoms. The van der Waals surface area contributed by atoms with E-state index in [9.17, 15) is 4.79 Å². The predicted octanol–water partition coefficient (Wildman–Crippen LogP) is 3.43. The molecule has 1 aromatic carbocycles. The van der Waals surface area contributed by atoms with Crippen molar-refractivity contribution in [3.8, 4) is 0 Å². The lowest BCUT2D eigenvalue weighted by Gasteiger charge is -2.19. The first-order valence-corrected chi connectivity index (χ1v) is 5.95. The molecular weight excluding hydrogens is 206 g/mol. The van der Waals surface area contributed by atoms with E-state index in [1.807, 2.05) is 51.1 Å². The SMILES string of the molecule is CC(C)(C)NC(=O)SCc1ccccc1. The Morgan fingerprint density at radius 3 is 2.40 bits per heavy atom. The third-order valence-electron chi connectivity index (χ3n) is 1.69. The maximum atomic E-state index is 11.5. The van der Waals surface area contributed by atoms with Gasteiger partial charge in [-0.05, 0) is 26.3 Å². The molecule has 1 N–H and O–H groups in total. The van der Waals surface area contributed by atoms with Crippen molar-refractivity contribution in [2.24, 2.45) is 0 Å². The monoisotopic (exact) mass is 223 g/mol. The van der Waals surface area contributed by atoms with Gasteiger partial charge < -0.3 is 5.32 Å². The standard InChI is InChI=1S/C12H17NOS/c1-12(2,3)13-11(14)15-9-10-7-5-4-6-8-10/h4-8H,9H2,1-3H3,(H,13,14). The highest BCUT2D eigenvalue weighted by atomic mass is 32.2. The zero-order valence-electron chi connectivity index (χ0n) is 9.41. The molecule has 0 saturated carbocycles. The van der Waals surface area contributed by atoms with Crippen LogP contribution >= 0.6 is 11.8 Å². The molecule has 1 amide bonds. The van der Waals surface area contributed by atoms with E-state index in [2.05, 4.69) is 5.32 Å². The Bertz CT molecular complexity index is 316. The van der Waals surface area contributed by atoms with E-state index < -0.39 is 0 Å². The molecule has 0 unspecified atom stereocenters. The van der Waals surface area contributed by atoms with Crippen LogP contribution in [0, 0.1) is 0 Å². The molecule has 0 spiro atoms. The summed E-state index contributed by atoms with van der Waals surface area (Å²) in [7, 11) is 0. The molecule has 0 fully saturated rings. The van der Waals surface area contributed by atoms with Crippen molar-refractivity contribution in [3.05, 3.63) is 35.9 Å². The van der Waals surface area contributed by atoms with Crippen molar-refractivity contribution in [3.63, 3.8) is 0 Å². The first-order chi connectivity index (χ1) is 6.97. The average molecular weight is 223 g/mol. The fourth-order valence-corrected chi connectivity index (χ4v) is 1.93. The summed E-state index contributed by atoms with van der Waals surface area (Å²) in [5.41, 5.74) is 1.02. The molecule has 0 saturated heterocycles. The minimum atomic E-state index is -0.152. The van der Waals surface area contributed by atoms with E-state index in [1.54, 1.807) is 0 Å². The Kier molecular flexibility index (Phi) is 4.21. The van der Waals surface area contributed by atoms with Crippen molar-refractivity contribution in [1.29, 1.82) is 0 Å². The molecular formula is C12H17NOS. The molecule has 82 valence electrons. The van der Waals surface area contributed by atoms with Gasteiger partial charge in [0.1, 0.15) is 0 Å². The summed E-state index contributed by atoms with van der Waals surface area (Å²) in [5, 5.41) is 2.95. The summed E-state index contributed by atoms with van der Waals surface area (Å²) in [6.45, 7) is 5.94. The lowest BCUT2D eigenvalue weighted by Crippen LogP contribution is -2.38. The molecule has 0 radical (unpaired) electrons. The highest BCUT2D eigenvalue weighted by molar-refractivity contribution is 8.12. The number of hydrogen-bond acceptors (Lipinski definition) is 2. The fourth-order valence-electron chi connectivity index (χ4n) is 1.07. The Morgan fingerprint density at radius 2 is 1.87 bits per heavy atom. The van der Waals surface area contributed by atoms with E-state index in [4.69, 9.17) is 0 Å². The summed E-state index contributed by atoms with van der Waals surface area (Å²) < 4.78 is 0. The van der Waals surface area contributed by atoms with Gasteiger partial charge in [-0.25, -0.2) is 0 Å². The highest BCUT2D eigenvalue weighted by Gasteiger charge is 2.13. The van der Waals surface area contributed by atoms with Crippen LogP contribution in [0.15, 0.2) is 30.3 Å². The average Bonchev–Trinajstić information content (AvgIpc) is 2.14. The number of carbonyl (C=O) groups excluding carboxylic acids is 1. The lowest BCUT2D eigenvalue weighted by molar-refractivity contribution is 0.253. The first kappa shape index (κ1) is 12.1.